The molecule has 17 heavy (non-hydrogen) atoms. The lowest BCUT2D eigenvalue weighted by atomic mass is 10.2. The van der Waals surface area contributed by atoms with Gasteiger partial charge in [0.1, 0.15) is 12.7 Å². The number of rotatable bonds is 4. The molecule has 0 spiro atoms. The van der Waals surface area contributed by atoms with E-state index in [1.807, 2.05) is 0 Å². The summed E-state index contributed by atoms with van der Waals surface area (Å²) >= 11 is 0. The Balaban J connectivity index is 2.53. The molecule has 0 aromatic rings. The van der Waals surface area contributed by atoms with E-state index in [0.29, 0.717) is 0 Å². The van der Waals surface area contributed by atoms with Crippen LogP contribution in [0.4, 0.5) is 0 Å². The number of aliphatic hydroxyl groups excluding tert-OH is 3. The summed E-state index contributed by atoms with van der Waals surface area (Å²) in [6.07, 6.45) is -0.271. The van der Waals surface area contributed by atoms with Gasteiger partial charge in [0.15, 0.2) is 11.9 Å². The van der Waals surface area contributed by atoms with Gasteiger partial charge in [-0.1, -0.05) is 6.08 Å². The molecule has 0 fully saturated rings. The molecule has 0 unspecified atom stereocenters. The predicted octanol–water partition coefficient (Wildman–Crippen LogP) is -0.280. The van der Waals surface area contributed by atoms with Crippen molar-refractivity contribution in [1.29, 1.82) is 0 Å². The zero-order valence-electron chi connectivity index (χ0n) is 8.99. The van der Waals surface area contributed by atoms with E-state index >= 15 is 0 Å². The minimum Gasteiger partial charge on any atom is -0.505 e. The van der Waals surface area contributed by atoms with Gasteiger partial charge in [-0.25, -0.2) is 9.59 Å². The van der Waals surface area contributed by atoms with E-state index in [4.69, 9.17) is 5.11 Å². The van der Waals surface area contributed by atoms with Crippen molar-refractivity contribution in [2.45, 2.75) is 19.1 Å². The second-order valence-corrected chi connectivity index (χ2v) is 3.26. The summed E-state index contributed by atoms with van der Waals surface area (Å²) < 4.78 is 9.06. The molecule has 3 N–H and O–H groups in total. The van der Waals surface area contributed by atoms with E-state index < -0.39 is 42.3 Å². The molecule has 0 aliphatic carbocycles. The molecule has 0 bridgehead atoms. The van der Waals surface area contributed by atoms with Gasteiger partial charge in [0.2, 0.25) is 5.76 Å². The van der Waals surface area contributed by atoms with Crippen LogP contribution in [0.25, 0.3) is 0 Å². The number of aliphatic hydroxyl groups is 3. The maximum absolute atomic E-state index is 10.9. The summed E-state index contributed by atoms with van der Waals surface area (Å²) in [5.74, 6) is -3.53. The summed E-state index contributed by atoms with van der Waals surface area (Å²) in [4.78, 5) is 21.7. The normalized spacial score (nSPS) is 21.8. The molecule has 7 heteroatoms. The van der Waals surface area contributed by atoms with E-state index in [9.17, 15) is 19.8 Å². The van der Waals surface area contributed by atoms with Gasteiger partial charge in [-0.2, -0.15) is 0 Å². The van der Waals surface area contributed by atoms with Gasteiger partial charge in [0, 0.05) is 6.08 Å². The van der Waals surface area contributed by atoms with Crippen molar-refractivity contribution in [1.82, 2.24) is 0 Å². The first-order valence-corrected chi connectivity index (χ1v) is 4.78. The van der Waals surface area contributed by atoms with Gasteiger partial charge in [-0.15, -0.1) is 0 Å². The Hall–Kier alpha value is -2.02. The minimum absolute atomic E-state index is 0.474. The lowest BCUT2D eigenvalue weighted by Gasteiger charge is -2.16. The van der Waals surface area contributed by atoms with Gasteiger partial charge < -0.3 is 24.8 Å². The minimum atomic E-state index is -1.45. The van der Waals surface area contributed by atoms with E-state index in [2.05, 4.69) is 9.47 Å². The van der Waals surface area contributed by atoms with Gasteiger partial charge in [-0.05, 0) is 6.92 Å². The Bertz CT molecular complexity index is 382. The Morgan fingerprint density at radius 2 is 2.24 bits per heavy atom. The summed E-state index contributed by atoms with van der Waals surface area (Å²) in [5.41, 5.74) is 0. The molecule has 7 nitrogen and oxygen atoms in total. The maximum Gasteiger partial charge on any atom is 0.377 e. The van der Waals surface area contributed by atoms with Crippen molar-refractivity contribution in [3.63, 3.8) is 0 Å². The Labute approximate surface area is 96.6 Å². The first-order chi connectivity index (χ1) is 7.97. The second kappa shape index (κ2) is 5.35. The van der Waals surface area contributed by atoms with Crippen LogP contribution < -0.4 is 0 Å². The maximum atomic E-state index is 10.9. The number of carbonyl (C=O) groups is 2. The summed E-state index contributed by atoms with van der Waals surface area (Å²) in [7, 11) is 0. The highest BCUT2D eigenvalue weighted by Gasteiger charge is 2.39. The van der Waals surface area contributed by atoms with Crippen LogP contribution in [-0.2, 0) is 19.1 Å². The number of cyclic esters (lactones) is 1. The number of allylic oxidation sites excluding steroid dienone is 1. The molecule has 0 amide bonds. The fourth-order valence-electron chi connectivity index (χ4n) is 1.17. The number of hydrogen-bond acceptors (Lipinski definition) is 7. The second-order valence-electron chi connectivity index (χ2n) is 3.26. The van der Waals surface area contributed by atoms with Crippen molar-refractivity contribution in [2.24, 2.45) is 0 Å². The Morgan fingerprint density at radius 3 is 2.71 bits per heavy atom. The van der Waals surface area contributed by atoms with Gasteiger partial charge >= 0.3 is 11.9 Å². The fourth-order valence-corrected chi connectivity index (χ4v) is 1.17. The Kier molecular flexibility index (Phi) is 4.11. The van der Waals surface area contributed by atoms with Crippen LogP contribution in [-0.4, -0.2) is 46.1 Å². The molecule has 1 aliphatic heterocycles. The smallest absolute Gasteiger partial charge is 0.377 e. The average molecular weight is 244 g/mol. The molecule has 0 saturated heterocycles. The lowest BCUT2D eigenvalue weighted by Crippen LogP contribution is -2.33. The third kappa shape index (κ3) is 2.97. The monoisotopic (exact) mass is 244 g/mol. The number of carbonyl (C=O) groups excluding carboxylic acids is 2. The number of esters is 2. The highest BCUT2D eigenvalue weighted by atomic mass is 16.6. The number of ether oxygens (including phenoxy) is 2. The summed E-state index contributed by atoms with van der Waals surface area (Å²) in [5, 5.41) is 27.7. The molecule has 0 saturated carbocycles. The van der Waals surface area contributed by atoms with Crippen LogP contribution in [0.3, 0.4) is 0 Å². The molecule has 0 radical (unpaired) electrons. The molecular formula is C10H12O7. The van der Waals surface area contributed by atoms with E-state index in [1.165, 1.54) is 6.08 Å². The van der Waals surface area contributed by atoms with E-state index in [-0.39, 0.29) is 0 Å². The van der Waals surface area contributed by atoms with Crippen LogP contribution in [0.1, 0.15) is 6.92 Å². The molecule has 0 aromatic carbocycles. The first kappa shape index (κ1) is 13.0. The topological polar surface area (TPSA) is 113 Å². The predicted molar refractivity (Wildman–Crippen MR) is 53.9 cm³/mol. The molecule has 94 valence electrons. The quantitative estimate of drug-likeness (QED) is 0.460. The van der Waals surface area contributed by atoms with Crippen LogP contribution in [0.2, 0.25) is 0 Å². The zero-order valence-corrected chi connectivity index (χ0v) is 8.99. The van der Waals surface area contributed by atoms with Crippen molar-refractivity contribution in [2.75, 3.05) is 6.61 Å². The van der Waals surface area contributed by atoms with Crippen molar-refractivity contribution >= 4 is 11.9 Å². The van der Waals surface area contributed by atoms with E-state index in [1.54, 1.807) is 6.92 Å². The third-order valence-electron chi connectivity index (χ3n) is 1.99. The largest absolute Gasteiger partial charge is 0.505 e. The molecule has 0 aromatic heterocycles. The summed E-state index contributed by atoms with van der Waals surface area (Å²) in [6, 6.07) is 0. The van der Waals surface area contributed by atoms with Crippen LogP contribution in [0.5, 0.6) is 0 Å². The van der Waals surface area contributed by atoms with Crippen molar-refractivity contribution < 1.29 is 34.4 Å². The lowest BCUT2D eigenvalue weighted by molar-refractivity contribution is -0.151. The first-order valence-electron chi connectivity index (χ1n) is 4.78. The highest BCUT2D eigenvalue weighted by Crippen LogP contribution is 2.21. The molecule has 1 heterocycles. The van der Waals surface area contributed by atoms with Crippen LogP contribution in [0, 0.1) is 0 Å². The molecule has 2 atom stereocenters. The highest BCUT2D eigenvalue weighted by molar-refractivity contribution is 5.89. The third-order valence-corrected chi connectivity index (χ3v) is 1.99. The van der Waals surface area contributed by atoms with Crippen molar-refractivity contribution in [3.05, 3.63) is 23.7 Å². The van der Waals surface area contributed by atoms with Gasteiger partial charge in [0.25, 0.3) is 0 Å². The fraction of sp³-hybridized carbons (Fsp3) is 0.400. The van der Waals surface area contributed by atoms with E-state index in [0.717, 1.165) is 6.08 Å². The zero-order chi connectivity index (χ0) is 13.0. The van der Waals surface area contributed by atoms with Crippen LogP contribution in [0.15, 0.2) is 23.7 Å². The Morgan fingerprint density at radius 1 is 1.59 bits per heavy atom. The SMILES string of the molecule is C/C=C/C(=O)OC[C@H](O)[C@H]1OC(=O)C(O)=C1O. The summed E-state index contributed by atoms with van der Waals surface area (Å²) in [6.45, 7) is 1.14. The molecular weight excluding hydrogens is 232 g/mol. The van der Waals surface area contributed by atoms with Crippen molar-refractivity contribution in [3.8, 4) is 0 Å². The number of hydrogen-bond donors (Lipinski definition) is 3. The molecule has 1 aliphatic rings. The van der Waals surface area contributed by atoms with Gasteiger partial charge in [-0.3, -0.25) is 0 Å². The molecule has 1 rings (SSSR count). The van der Waals surface area contributed by atoms with Gasteiger partial charge in [0.05, 0.1) is 0 Å². The average Bonchev–Trinajstić information content (AvgIpc) is 2.54. The standard InChI is InChI=1S/C10H12O7/c1-2-3-6(12)16-4-5(11)9-7(13)8(14)10(15)17-9/h2-3,5,9,11,13-14H,4H2,1H3/b3-2+/t5-,9+/m0/s1. The van der Waals surface area contributed by atoms with Crippen LogP contribution >= 0.6 is 0 Å².